The van der Waals surface area contributed by atoms with Crippen molar-refractivity contribution in [1.29, 1.82) is 0 Å². The molecule has 0 nitrogen and oxygen atoms in total. The maximum atomic E-state index is 4.39. The van der Waals surface area contributed by atoms with Gasteiger partial charge in [-0.05, 0) is 0 Å². The normalized spacial score (nSPS) is 59.9. The zero-order valence-electron chi connectivity index (χ0n) is 9.27. The molecule has 4 saturated carbocycles. The van der Waals surface area contributed by atoms with E-state index in [9.17, 15) is 0 Å². The summed E-state index contributed by atoms with van der Waals surface area (Å²) < 4.78 is 0. The number of hydrogen-bond acceptors (Lipinski definition) is 0. The van der Waals surface area contributed by atoms with Gasteiger partial charge in [0.1, 0.15) is 0 Å². The number of rotatable bonds is 0. The predicted molar refractivity (Wildman–Crippen MR) is 60.6 cm³/mol. The average Bonchev–Trinajstić information content (AvgIpc) is 1.97. The Labute approximate surface area is 89.4 Å². The topological polar surface area (TPSA) is 0 Å². The zero-order valence-corrected chi connectivity index (χ0v) is 10.2. The van der Waals surface area contributed by atoms with Crippen molar-refractivity contribution in [3.63, 3.8) is 0 Å². The Morgan fingerprint density at radius 2 is 1.57 bits per heavy atom. The summed E-state index contributed by atoms with van der Waals surface area (Å²) in [5.41, 5.74) is 4.97. The molecule has 0 N–H and O–H groups in total. The van der Waals surface area contributed by atoms with E-state index >= 15 is 0 Å². The third kappa shape index (κ3) is 1.17. The van der Waals surface area contributed by atoms with Crippen molar-refractivity contribution in [3.8, 4) is 5.63 Å². The van der Waals surface area contributed by atoms with E-state index in [1.54, 1.807) is 0 Å². The van der Waals surface area contributed by atoms with E-state index in [2.05, 4.69) is 28.2 Å². The summed E-state index contributed by atoms with van der Waals surface area (Å²) in [7, 11) is 4.39. The van der Waals surface area contributed by atoms with Crippen LogP contribution in [-0.2, 0) is 0 Å². The second-order valence-corrected chi connectivity index (χ2v) is 7.25. The van der Waals surface area contributed by atoms with Crippen molar-refractivity contribution in [2.45, 2.75) is 52.4 Å². The molecule has 2 atom stereocenters. The molecule has 4 fully saturated rings. The van der Waals surface area contributed by atoms with E-state index in [1.807, 2.05) is 0 Å². The monoisotopic (exact) mass is 206 g/mol. The van der Waals surface area contributed by atoms with Crippen LogP contribution in [0, 0.1) is 27.8 Å². The first-order valence-electron chi connectivity index (χ1n) is 5.88. The molecule has 0 spiro atoms. The van der Waals surface area contributed by atoms with Crippen LogP contribution in [0.2, 0.25) is 0 Å². The standard InChI is InChI=1S/C13H19P/c1-11-3-10-4-12(2,6-11)8-13(5-10,7-11)9-14/h10H,3-8H2,1-2H3. The van der Waals surface area contributed by atoms with Crippen molar-refractivity contribution < 1.29 is 0 Å². The Kier molecular flexibility index (Phi) is 1.67. The van der Waals surface area contributed by atoms with E-state index in [4.69, 9.17) is 0 Å². The molecule has 14 heavy (non-hydrogen) atoms. The van der Waals surface area contributed by atoms with E-state index in [-0.39, 0.29) is 0 Å². The predicted octanol–water partition coefficient (Wildman–Crippen LogP) is 4.35. The SMILES string of the molecule is CC12CC3CC(C)(C1)CC(C#P)(C3)C2. The van der Waals surface area contributed by atoms with Gasteiger partial charge in [-0.25, -0.2) is 0 Å². The van der Waals surface area contributed by atoms with E-state index in [0.717, 1.165) is 5.92 Å². The molecule has 4 rings (SSSR count). The van der Waals surface area contributed by atoms with Crippen LogP contribution in [0.25, 0.3) is 0 Å². The fraction of sp³-hybridized carbons (Fsp3) is 0.923. The van der Waals surface area contributed by atoms with E-state index in [1.165, 1.54) is 38.5 Å². The molecule has 0 amide bonds. The van der Waals surface area contributed by atoms with Crippen LogP contribution < -0.4 is 0 Å². The van der Waals surface area contributed by atoms with Gasteiger partial charge in [0.05, 0.1) is 0 Å². The molecule has 4 bridgehead atoms. The van der Waals surface area contributed by atoms with Gasteiger partial charge in [-0.1, -0.05) is 0 Å². The molecule has 0 aromatic rings. The van der Waals surface area contributed by atoms with Crippen molar-refractivity contribution in [3.05, 3.63) is 0 Å². The summed E-state index contributed by atoms with van der Waals surface area (Å²) in [5, 5.41) is 0. The first kappa shape index (κ1) is 9.44. The molecule has 1 heteroatoms. The third-order valence-corrected chi connectivity index (χ3v) is 5.34. The van der Waals surface area contributed by atoms with Gasteiger partial charge < -0.3 is 0 Å². The number of hydrogen-bond donors (Lipinski definition) is 0. The molecule has 0 aromatic carbocycles. The Hall–Kier alpha value is 0.210. The second-order valence-electron chi connectivity index (χ2n) is 7.02. The quantitative estimate of drug-likeness (QED) is 0.517. The molecule has 4 aliphatic rings. The molecule has 2 unspecified atom stereocenters. The van der Waals surface area contributed by atoms with Gasteiger partial charge in [-0.2, -0.15) is 0 Å². The van der Waals surface area contributed by atoms with E-state index < -0.39 is 0 Å². The summed E-state index contributed by atoms with van der Waals surface area (Å²) >= 11 is 0. The summed E-state index contributed by atoms with van der Waals surface area (Å²) in [6, 6.07) is 0. The molecule has 0 heterocycles. The van der Waals surface area contributed by atoms with Crippen molar-refractivity contribution in [2.75, 3.05) is 0 Å². The first-order chi connectivity index (χ1) is 6.47. The van der Waals surface area contributed by atoms with Gasteiger partial charge in [0, 0.05) is 0 Å². The molecular weight excluding hydrogens is 187 g/mol. The molecule has 0 aromatic heterocycles. The van der Waals surface area contributed by atoms with Crippen LogP contribution in [0.15, 0.2) is 0 Å². The van der Waals surface area contributed by atoms with Crippen LogP contribution in [0.4, 0.5) is 0 Å². The maximum absolute atomic E-state index is 4.39. The molecule has 0 radical (unpaired) electrons. The summed E-state index contributed by atoms with van der Waals surface area (Å²) in [5.74, 6) is 0.973. The Balaban J connectivity index is 2.06. The average molecular weight is 206 g/mol. The Bertz CT molecular complexity index is 307. The van der Waals surface area contributed by atoms with Gasteiger partial charge in [-0.15, -0.1) is 0 Å². The first-order valence-corrected chi connectivity index (χ1v) is 6.33. The fourth-order valence-electron chi connectivity index (χ4n) is 5.57. The summed E-state index contributed by atoms with van der Waals surface area (Å²) in [4.78, 5) is 0. The third-order valence-electron chi connectivity index (χ3n) is 4.86. The minimum absolute atomic E-state index is 0.381. The summed E-state index contributed by atoms with van der Waals surface area (Å²) in [6.45, 7) is 4.99. The summed E-state index contributed by atoms with van der Waals surface area (Å²) in [6.07, 6.45) is 8.49. The van der Waals surface area contributed by atoms with Crippen LogP contribution >= 0.6 is 8.70 Å². The molecule has 0 aliphatic heterocycles. The molecule has 4 aliphatic carbocycles. The van der Waals surface area contributed by atoms with Gasteiger partial charge in [0.2, 0.25) is 0 Å². The Morgan fingerprint density at radius 3 is 2.00 bits per heavy atom. The van der Waals surface area contributed by atoms with Crippen LogP contribution in [0.5, 0.6) is 0 Å². The Morgan fingerprint density at radius 1 is 1.00 bits per heavy atom. The van der Waals surface area contributed by atoms with Crippen LogP contribution in [0.3, 0.4) is 0 Å². The zero-order chi connectivity index (χ0) is 10.0. The van der Waals surface area contributed by atoms with Gasteiger partial charge in [0.15, 0.2) is 0 Å². The second kappa shape index (κ2) is 2.47. The molecule has 76 valence electrons. The van der Waals surface area contributed by atoms with E-state index in [0.29, 0.717) is 16.2 Å². The minimum atomic E-state index is 0.381. The van der Waals surface area contributed by atoms with Gasteiger partial charge in [0.25, 0.3) is 0 Å². The fourth-order valence-corrected chi connectivity index (χ4v) is 5.82. The van der Waals surface area contributed by atoms with Gasteiger partial charge >= 0.3 is 88.9 Å². The van der Waals surface area contributed by atoms with Gasteiger partial charge in [-0.3, -0.25) is 0 Å². The molecule has 0 saturated heterocycles. The van der Waals surface area contributed by atoms with Crippen molar-refractivity contribution >= 4 is 8.70 Å². The van der Waals surface area contributed by atoms with Crippen molar-refractivity contribution in [1.82, 2.24) is 0 Å². The van der Waals surface area contributed by atoms with Crippen LogP contribution in [0.1, 0.15) is 52.4 Å². The van der Waals surface area contributed by atoms with Crippen molar-refractivity contribution in [2.24, 2.45) is 22.2 Å². The molecular formula is C13H19P. The van der Waals surface area contributed by atoms with Crippen LogP contribution in [-0.4, -0.2) is 0 Å².